The molecule has 1 aromatic carbocycles. The summed E-state index contributed by atoms with van der Waals surface area (Å²) in [6.45, 7) is 8.30. The van der Waals surface area contributed by atoms with Crippen LogP contribution < -0.4 is 5.32 Å². The molecule has 2 amide bonds. The Morgan fingerprint density at radius 3 is 2.66 bits per heavy atom. The molecule has 172 valence electrons. The van der Waals surface area contributed by atoms with Crippen LogP contribution in [0.2, 0.25) is 5.02 Å². The minimum Gasteiger partial charge on any atom is -0.459 e. The summed E-state index contributed by atoms with van der Waals surface area (Å²) in [5.41, 5.74) is 2.79. The van der Waals surface area contributed by atoms with E-state index in [1.165, 1.54) is 0 Å². The number of carbonyl (C=O) groups is 3. The summed E-state index contributed by atoms with van der Waals surface area (Å²) < 4.78 is 5.31. The van der Waals surface area contributed by atoms with Crippen molar-refractivity contribution in [2.75, 3.05) is 13.1 Å². The van der Waals surface area contributed by atoms with E-state index < -0.39 is 5.97 Å². The molecular weight excluding hydrogens is 430 g/mol. The molecule has 32 heavy (non-hydrogen) atoms. The molecule has 7 nitrogen and oxygen atoms in total. The predicted molar refractivity (Wildman–Crippen MR) is 123 cm³/mol. The average Bonchev–Trinajstić information content (AvgIpc) is 3.06. The standard InChI is InChI=1S/C24H30ClN3O4/c1-14(2)32-24(31)20-15(3)21(27-16(20)4)23(30)28-11-7-9-18(13-28)22(29)26-12-17-8-5-6-10-19(17)25/h5-6,8,10,14,18,27H,7,9,11-13H2,1-4H3,(H,26,29)/t18-/m1/s1. The molecule has 1 aliphatic rings. The van der Waals surface area contributed by atoms with Crippen molar-refractivity contribution in [2.45, 2.75) is 53.2 Å². The lowest BCUT2D eigenvalue weighted by Gasteiger charge is -2.32. The molecule has 1 atom stereocenters. The quantitative estimate of drug-likeness (QED) is 0.638. The van der Waals surface area contributed by atoms with Crippen LogP contribution >= 0.6 is 11.6 Å². The van der Waals surface area contributed by atoms with Gasteiger partial charge in [-0.05, 0) is 57.7 Å². The lowest BCUT2D eigenvalue weighted by molar-refractivity contribution is -0.126. The van der Waals surface area contributed by atoms with Crippen molar-refractivity contribution in [3.8, 4) is 0 Å². The molecule has 0 spiro atoms. The maximum absolute atomic E-state index is 13.2. The number of likely N-dealkylation sites (tertiary alicyclic amines) is 1. The number of benzene rings is 1. The number of aryl methyl sites for hydroxylation is 1. The van der Waals surface area contributed by atoms with Crippen molar-refractivity contribution in [3.05, 3.63) is 57.4 Å². The van der Waals surface area contributed by atoms with Gasteiger partial charge in [-0.25, -0.2) is 4.79 Å². The summed E-state index contributed by atoms with van der Waals surface area (Å²) in [4.78, 5) is 43.1. The number of nitrogens with one attached hydrogen (secondary N) is 2. The first-order valence-electron chi connectivity index (χ1n) is 10.9. The van der Waals surface area contributed by atoms with E-state index in [0.717, 1.165) is 12.0 Å². The van der Waals surface area contributed by atoms with Gasteiger partial charge in [-0.15, -0.1) is 0 Å². The number of esters is 1. The molecule has 8 heteroatoms. The highest BCUT2D eigenvalue weighted by Gasteiger charge is 2.32. The third kappa shape index (κ3) is 5.33. The zero-order valence-electron chi connectivity index (χ0n) is 19.0. The summed E-state index contributed by atoms with van der Waals surface area (Å²) >= 11 is 6.16. The first-order valence-corrected chi connectivity index (χ1v) is 11.3. The number of rotatable bonds is 6. The van der Waals surface area contributed by atoms with Gasteiger partial charge in [0.25, 0.3) is 5.91 Å². The maximum atomic E-state index is 13.2. The minimum atomic E-state index is -0.444. The fraction of sp³-hybridized carbons (Fsp3) is 0.458. The lowest BCUT2D eigenvalue weighted by atomic mass is 9.96. The van der Waals surface area contributed by atoms with Crippen LogP contribution in [0.25, 0.3) is 0 Å². The number of hydrogen-bond donors (Lipinski definition) is 2. The Labute approximate surface area is 193 Å². The van der Waals surface area contributed by atoms with Crippen LogP contribution in [0, 0.1) is 19.8 Å². The molecule has 1 saturated heterocycles. The van der Waals surface area contributed by atoms with E-state index in [-0.39, 0.29) is 23.8 Å². The second-order valence-corrected chi connectivity index (χ2v) is 8.89. The second kappa shape index (κ2) is 10.2. The highest BCUT2D eigenvalue weighted by molar-refractivity contribution is 6.31. The van der Waals surface area contributed by atoms with Crippen molar-refractivity contribution in [3.63, 3.8) is 0 Å². The van der Waals surface area contributed by atoms with Crippen LogP contribution in [0.15, 0.2) is 24.3 Å². The van der Waals surface area contributed by atoms with Gasteiger partial charge in [0.2, 0.25) is 5.91 Å². The first-order chi connectivity index (χ1) is 15.2. The number of ether oxygens (including phenoxy) is 1. The third-order valence-electron chi connectivity index (χ3n) is 5.69. The Kier molecular flexibility index (Phi) is 7.61. The monoisotopic (exact) mass is 459 g/mol. The summed E-state index contributed by atoms with van der Waals surface area (Å²) in [6.07, 6.45) is 1.20. The molecule has 0 bridgehead atoms. The molecular formula is C24H30ClN3O4. The highest BCUT2D eigenvalue weighted by Crippen LogP contribution is 2.24. The largest absolute Gasteiger partial charge is 0.459 e. The number of nitrogens with zero attached hydrogens (tertiary/aromatic N) is 1. The van der Waals surface area contributed by atoms with Gasteiger partial charge < -0.3 is 19.9 Å². The zero-order chi connectivity index (χ0) is 23.4. The van der Waals surface area contributed by atoms with Crippen LogP contribution in [0.1, 0.15) is 64.4 Å². The molecule has 1 aromatic heterocycles. The molecule has 2 aromatic rings. The van der Waals surface area contributed by atoms with E-state index in [1.54, 1.807) is 38.7 Å². The number of aromatic amines is 1. The fourth-order valence-corrected chi connectivity index (χ4v) is 4.25. The number of H-pyrrole nitrogens is 1. The van der Waals surface area contributed by atoms with Gasteiger partial charge in [-0.1, -0.05) is 29.8 Å². The number of aromatic nitrogens is 1. The number of amides is 2. The molecule has 2 N–H and O–H groups in total. The van der Waals surface area contributed by atoms with Gasteiger partial charge in [0, 0.05) is 30.4 Å². The molecule has 1 aliphatic heterocycles. The van der Waals surface area contributed by atoms with Crippen LogP contribution in [-0.2, 0) is 16.1 Å². The van der Waals surface area contributed by atoms with E-state index in [0.29, 0.717) is 53.6 Å². The van der Waals surface area contributed by atoms with E-state index in [4.69, 9.17) is 16.3 Å². The number of piperidine rings is 1. The van der Waals surface area contributed by atoms with Crippen molar-refractivity contribution in [2.24, 2.45) is 5.92 Å². The number of halogens is 1. The van der Waals surface area contributed by atoms with Crippen molar-refractivity contribution in [1.29, 1.82) is 0 Å². The molecule has 0 aliphatic carbocycles. The zero-order valence-corrected chi connectivity index (χ0v) is 19.7. The molecule has 2 heterocycles. The molecule has 3 rings (SSSR count). The minimum absolute atomic E-state index is 0.0944. The first kappa shape index (κ1) is 23.9. The van der Waals surface area contributed by atoms with Gasteiger partial charge in [-0.2, -0.15) is 0 Å². The van der Waals surface area contributed by atoms with Crippen molar-refractivity contribution in [1.82, 2.24) is 15.2 Å². The number of carbonyl (C=O) groups excluding carboxylic acids is 3. The average molecular weight is 460 g/mol. The Balaban J connectivity index is 1.67. The van der Waals surface area contributed by atoms with E-state index in [2.05, 4.69) is 10.3 Å². The van der Waals surface area contributed by atoms with Crippen molar-refractivity contribution < 1.29 is 19.1 Å². The van der Waals surface area contributed by atoms with E-state index >= 15 is 0 Å². The van der Waals surface area contributed by atoms with Crippen LogP contribution in [0.3, 0.4) is 0 Å². The summed E-state index contributed by atoms with van der Waals surface area (Å²) in [5, 5.41) is 3.55. The molecule has 0 radical (unpaired) electrons. The van der Waals surface area contributed by atoms with Gasteiger partial charge >= 0.3 is 5.97 Å². The predicted octanol–water partition coefficient (Wildman–Crippen LogP) is 4.02. The second-order valence-electron chi connectivity index (χ2n) is 8.48. The van der Waals surface area contributed by atoms with Gasteiger partial charge in [0.15, 0.2) is 0 Å². The normalized spacial score (nSPS) is 16.2. The van der Waals surface area contributed by atoms with Crippen molar-refractivity contribution >= 4 is 29.4 Å². The van der Waals surface area contributed by atoms with Gasteiger partial charge in [-0.3, -0.25) is 9.59 Å². The van der Waals surface area contributed by atoms with Crippen LogP contribution in [-0.4, -0.2) is 46.9 Å². The van der Waals surface area contributed by atoms with Crippen LogP contribution in [0.5, 0.6) is 0 Å². The number of hydrogen-bond acceptors (Lipinski definition) is 4. The SMILES string of the molecule is Cc1[nH]c(C(=O)N2CCC[C@@H](C(=O)NCc3ccccc3Cl)C2)c(C)c1C(=O)OC(C)C. The molecule has 0 unspecified atom stereocenters. The third-order valence-corrected chi connectivity index (χ3v) is 6.06. The van der Waals surface area contributed by atoms with E-state index in [1.807, 2.05) is 18.2 Å². The summed E-state index contributed by atoms with van der Waals surface area (Å²) in [7, 11) is 0. The topological polar surface area (TPSA) is 91.5 Å². The molecule has 1 fully saturated rings. The Hall–Kier alpha value is -2.80. The molecule has 0 saturated carbocycles. The van der Waals surface area contributed by atoms with Gasteiger partial charge in [0.1, 0.15) is 5.69 Å². The summed E-state index contributed by atoms with van der Waals surface area (Å²) in [5.74, 6) is -1.04. The highest BCUT2D eigenvalue weighted by atomic mass is 35.5. The summed E-state index contributed by atoms with van der Waals surface area (Å²) in [6, 6.07) is 7.38. The van der Waals surface area contributed by atoms with E-state index in [9.17, 15) is 14.4 Å². The Morgan fingerprint density at radius 1 is 1.25 bits per heavy atom. The maximum Gasteiger partial charge on any atom is 0.340 e. The lowest BCUT2D eigenvalue weighted by Crippen LogP contribution is -2.45. The Bertz CT molecular complexity index is 1010. The smallest absolute Gasteiger partial charge is 0.340 e. The Morgan fingerprint density at radius 2 is 1.97 bits per heavy atom. The fourth-order valence-electron chi connectivity index (χ4n) is 4.05. The van der Waals surface area contributed by atoms with Gasteiger partial charge in [0.05, 0.1) is 17.6 Å². The van der Waals surface area contributed by atoms with Crippen LogP contribution in [0.4, 0.5) is 0 Å².